The van der Waals surface area contributed by atoms with Crippen molar-refractivity contribution in [3.63, 3.8) is 0 Å². The quantitative estimate of drug-likeness (QED) is 0.416. The van der Waals surface area contributed by atoms with Gasteiger partial charge in [0.25, 0.3) is 0 Å². The lowest BCUT2D eigenvalue weighted by Gasteiger charge is -2.33. The zero-order valence-electron chi connectivity index (χ0n) is 16.3. The van der Waals surface area contributed by atoms with E-state index in [4.69, 9.17) is 20.8 Å². The van der Waals surface area contributed by atoms with E-state index in [1.807, 2.05) is 0 Å². The Balaban J connectivity index is 1.72. The number of aromatic hydroxyl groups is 1. The minimum absolute atomic E-state index is 0.0748. The van der Waals surface area contributed by atoms with Crippen molar-refractivity contribution in [2.24, 2.45) is 5.92 Å². The molecule has 2 aromatic carbocycles. The summed E-state index contributed by atoms with van der Waals surface area (Å²) in [7, 11) is 0. The van der Waals surface area contributed by atoms with Gasteiger partial charge in [-0.1, -0.05) is 43.0 Å². The Labute approximate surface area is 178 Å². The molecule has 0 radical (unpaired) electrons. The molecule has 0 bridgehead atoms. The maximum atomic E-state index is 13.3. The number of phenolic OH excluding ortho intramolecular Hbond substituents is 1. The van der Waals surface area contributed by atoms with Gasteiger partial charge >= 0.3 is 5.97 Å². The molecule has 1 unspecified atom stereocenters. The Morgan fingerprint density at radius 2 is 1.77 bits per heavy atom. The summed E-state index contributed by atoms with van der Waals surface area (Å²) in [6.07, 6.45) is 7.22. The summed E-state index contributed by atoms with van der Waals surface area (Å²) in [5.74, 6) is 0.00472. The topological polar surface area (TPSA) is 76.7 Å². The van der Waals surface area contributed by atoms with Gasteiger partial charge < -0.3 is 14.3 Å². The van der Waals surface area contributed by atoms with E-state index in [1.54, 1.807) is 24.3 Å². The van der Waals surface area contributed by atoms with Gasteiger partial charge in [-0.25, -0.2) is 0 Å². The van der Waals surface area contributed by atoms with Crippen LogP contribution in [0.3, 0.4) is 0 Å². The van der Waals surface area contributed by atoms with Gasteiger partial charge in [-0.15, -0.1) is 0 Å². The number of carbonyl (C=O) groups is 1. The molecular formula is C24H21ClO5. The molecule has 30 heavy (non-hydrogen) atoms. The Hall–Kier alpha value is -2.79. The molecule has 0 spiro atoms. The first-order chi connectivity index (χ1) is 14.5. The zero-order valence-corrected chi connectivity index (χ0v) is 17.1. The summed E-state index contributed by atoms with van der Waals surface area (Å²) < 4.78 is 11.4. The van der Waals surface area contributed by atoms with Gasteiger partial charge in [-0.3, -0.25) is 9.59 Å². The fourth-order valence-corrected chi connectivity index (χ4v) is 5.06. The van der Waals surface area contributed by atoms with Crippen LogP contribution < -0.4 is 10.2 Å². The molecule has 1 atom stereocenters. The smallest absolute Gasteiger partial charge is 0.311 e. The van der Waals surface area contributed by atoms with Gasteiger partial charge in [0.05, 0.1) is 12.0 Å². The normalized spacial score (nSPS) is 19.5. The Morgan fingerprint density at radius 3 is 2.50 bits per heavy atom. The van der Waals surface area contributed by atoms with Crippen molar-refractivity contribution in [2.45, 2.75) is 44.4 Å². The third-order valence-electron chi connectivity index (χ3n) is 6.38. The second-order valence-electron chi connectivity index (χ2n) is 8.18. The molecule has 0 saturated heterocycles. The highest BCUT2D eigenvalue weighted by Crippen LogP contribution is 2.48. The summed E-state index contributed by atoms with van der Waals surface area (Å²) in [6.45, 7) is 0. The Kier molecular flexibility index (Phi) is 4.78. The average Bonchev–Trinajstić information content (AvgIpc) is 2.74. The first-order valence-electron chi connectivity index (χ1n) is 10.3. The van der Waals surface area contributed by atoms with E-state index >= 15 is 0 Å². The molecule has 5 rings (SSSR count). The number of fused-ring (bicyclic) bond motifs is 3. The number of hydrogen-bond acceptors (Lipinski definition) is 5. The number of ether oxygens (including phenoxy) is 1. The minimum atomic E-state index is -0.321. The van der Waals surface area contributed by atoms with Gasteiger partial charge in [0.15, 0.2) is 0 Å². The molecular weight excluding hydrogens is 404 g/mol. The molecule has 3 aromatic rings. The van der Waals surface area contributed by atoms with Crippen LogP contribution in [-0.2, 0) is 4.79 Å². The van der Waals surface area contributed by atoms with Crippen molar-refractivity contribution in [2.75, 3.05) is 0 Å². The maximum absolute atomic E-state index is 13.3. The van der Waals surface area contributed by atoms with Gasteiger partial charge in [-0.2, -0.15) is 0 Å². The molecule has 1 aliphatic carbocycles. The van der Waals surface area contributed by atoms with Crippen LogP contribution in [0.2, 0.25) is 5.02 Å². The largest absolute Gasteiger partial charge is 0.507 e. The van der Waals surface area contributed by atoms with Gasteiger partial charge in [0, 0.05) is 22.6 Å². The Morgan fingerprint density at radius 1 is 1.03 bits per heavy atom. The molecule has 1 saturated carbocycles. The van der Waals surface area contributed by atoms with Crippen LogP contribution in [-0.4, -0.2) is 11.1 Å². The van der Waals surface area contributed by atoms with Crippen LogP contribution >= 0.6 is 11.6 Å². The van der Waals surface area contributed by atoms with Crippen molar-refractivity contribution < 1.29 is 19.1 Å². The molecule has 5 nitrogen and oxygen atoms in total. The number of halogens is 1. The lowest BCUT2D eigenvalue weighted by atomic mass is 9.74. The van der Waals surface area contributed by atoms with E-state index in [0.29, 0.717) is 33.4 Å². The van der Waals surface area contributed by atoms with Crippen molar-refractivity contribution in [3.8, 4) is 22.6 Å². The fraction of sp³-hybridized carbons (Fsp3) is 0.333. The Bertz CT molecular complexity index is 1190. The lowest BCUT2D eigenvalue weighted by molar-refractivity contribution is -0.136. The number of rotatable bonds is 2. The van der Waals surface area contributed by atoms with E-state index in [0.717, 1.165) is 31.2 Å². The van der Waals surface area contributed by atoms with E-state index in [1.165, 1.54) is 18.8 Å². The third-order valence-corrected chi connectivity index (χ3v) is 6.63. The average molecular weight is 425 g/mol. The molecule has 154 valence electrons. The van der Waals surface area contributed by atoms with Gasteiger partial charge in [0.2, 0.25) is 5.43 Å². The maximum Gasteiger partial charge on any atom is 0.311 e. The fourth-order valence-electron chi connectivity index (χ4n) is 4.93. The van der Waals surface area contributed by atoms with Crippen molar-refractivity contribution in [1.29, 1.82) is 0 Å². The molecule has 1 aliphatic heterocycles. The van der Waals surface area contributed by atoms with Crippen LogP contribution in [0, 0.1) is 5.92 Å². The standard InChI is InChI=1S/C24H21ClO5/c25-15-8-6-14(7-9-15)17-12-29-24-21-16(13-4-2-1-3-5-13)10-20(27)30-19(21)11-18(26)22(24)23(17)28/h6-9,11-13,16,26H,1-5,10H2. The minimum Gasteiger partial charge on any atom is -0.507 e. The lowest BCUT2D eigenvalue weighted by Crippen LogP contribution is -2.27. The van der Waals surface area contributed by atoms with Crippen molar-refractivity contribution >= 4 is 28.5 Å². The summed E-state index contributed by atoms with van der Waals surface area (Å²) in [4.78, 5) is 25.6. The second-order valence-corrected chi connectivity index (χ2v) is 8.62. The molecule has 2 aliphatic rings. The molecule has 2 heterocycles. The molecule has 1 N–H and O–H groups in total. The van der Waals surface area contributed by atoms with Crippen molar-refractivity contribution in [1.82, 2.24) is 0 Å². The van der Waals surface area contributed by atoms with Gasteiger partial charge in [-0.05, 0) is 36.5 Å². The van der Waals surface area contributed by atoms with E-state index < -0.39 is 0 Å². The molecule has 1 fully saturated rings. The first-order valence-corrected chi connectivity index (χ1v) is 10.7. The molecule has 1 aromatic heterocycles. The van der Waals surface area contributed by atoms with Crippen LogP contribution in [0.4, 0.5) is 0 Å². The predicted molar refractivity (Wildman–Crippen MR) is 114 cm³/mol. The highest BCUT2D eigenvalue weighted by atomic mass is 35.5. The summed E-state index contributed by atoms with van der Waals surface area (Å²) >= 11 is 5.96. The monoisotopic (exact) mass is 424 g/mol. The summed E-state index contributed by atoms with van der Waals surface area (Å²) in [5.41, 5.74) is 1.72. The van der Waals surface area contributed by atoms with Gasteiger partial charge in [0.1, 0.15) is 28.7 Å². The van der Waals surface area contributed by atoms with E-state index in [-0.39, 0.29) is 34.9 Å². The van der Waals surface area contributed by atoms with Crippen LogP contribution in [0.25, 0.3) is 22.1 Å². The molecule has 0 amide bonds. The number of esters is 1. The van der Waals surface area contributed by atoms with E-state index in [9.17, 15) is 14.7 Å². The number of phenols is 1. The summed E-state index contributed by atoms with van der Waals surface area (Å²) in [5, 5.41) is 11.3. The predicted octanol–water partition coefficient (Wildman–Crippen LogP) is 5.79. The highest BCUT2D eigenvalue weighted by Gasteiger charge is 2.37. The first kappa shape index (κ1) is 19.2. The number of carbonyl (C=O) groups excluding carboxylic acids is 1. The van der Waals surface area contributed by atoms with Crippen LogP contribution in [0.15, 0.2) is 45.8 Å². The number of benzene rings is 2. The second kappa shape index (κ2) is 7.47. The third kappa shape index (κ3) is 3.18. The van der Waals surface area contributed by atoms with E-state index in [2.05, 4.69) is 0 Å². The number of hydrogen-bond donors (Lipinski definition) is 1. The van der Waals surface area contributed by atoms with Crippen molar-refractivity contribution in [3.05, 3.63) is 57.4 Å². The highest BCUT2D eigenvalue weighted by molar-refractivity contribution is 6.30. The van der Waals surface area contributed by atoms with Crippen LogP contribution in [0.1, 0.15) is 50.0 Å². The zero-order chi connectivity index (χ0) is 20.8. The van der Waals surface area contributed by atoms with Crippen LogP contribution in [0.5, 0.6) is 11.5 Å². The summed E-state index contributed by atoms with van der Waals surface area (Å²) in [6, 6.07) is 8.26. The SMILES string of the molecule is O=C1CC(C2CCCCC2)c2c(cc(O)c3c(=O)c(-c4ccc(Cl)cc4)coc23)O1. The molecule has 6 heteroatoms.